The number of pyridine rings is 1. The standard InChI is InChI=1S/C21H26ClN5O2/c1-14-13-27(8-9-29-14)20-7-6-15(11-23-20)12-24-21(28)19-10-18(25-26-19)16-4-2-3-5-17(16)22/h2-7,11,14,18-19,25-26H,8-10,12-13H2,1H3,(H,24,28). The predicted molar refractivity (Wildman–Crippen MR) is 113 cm³/mol. The van der Waals surface area contributed by atoms with E-state index >= 15 is 0 Å². The maximum atomic E-state index is 12.5. The van der Waals surface area contributed by atoms with Gasteiger partial charge in [0.05, 0.1) is 12.7 Å². The first-order chi connectivity index (χ1) is 14.1. The Hall–Kier alpha value is -2.19. The Morgan fingerprint density at radius 2 is 2.17 bits per heavy atom. The second-order valence-corrected chi connectivity index (χ2v) is 7.93. The van der Waals surface area contributed by atoms with E-state index in [9.17, 15) is 4.79 Å². The summed E-state index contributed by atoms with van der Waals surface area (Å²) in [6.07, 6.45) is 2.68. The van der Waals surface area contributed by atoms with Gasteiger partial charge in [-0.25, -0.2) is 15.8 Å². The Kier molecular flexibility index (Phi) is 6.30. The molecule has 154 valence electrons. The number of nitrogens with one attached hydrogen (secondary N) is 3. The van der Waals surface area contributed by atoms with Crippen LogP contribution in [0.1, 0.15) is 30.5 Å². The molecule has 3 heterocycles. The molecule has 1 aromatic heterocycles. The number of hydrogen-bond donors (Lipinski definition) is 3. The van der Waals surface area contributed by atoms with Gasteiger partial charge in [-0.15, -0.1) is 0 Å². The lowest BCUT2D eigenvalue weighted by molar-refractivity contribution is -0.123. The Bertz CT molecular complexity index is 847. The van der Waals surface area contributed by atoms with E-state index in [1.807, 2.05) is 42.6 Å². The van der Waals surface area contributed by atoms with Gasteiger partial charge in [0.2, 0.25) is 5.91 Å². The molecule has 0 spiro atoms. The molecule has 0 saturated carbocycles. The van der Waals surface area contributed by atoms with E-state index in [-0.39, 0.29) is 24.1 Å². The molecule has 7 nitrogen and oxygen atoms in total. The summed E-state index contributed by atoms with van der Waals surface area (Å²) in [5, 5.41) is 3.69. The van der Waals surface area contributed by atoms with Gasteiger partial charge in [-0.05, 0) is 36.6 Å². The first-order valence-electron chi connectivity index (χ1n) is 9.95. The highest BCUT2D eigenvalue weighted by atomic mass is 35.5. The van der Waals surface area contributed by atoms with E-state index in [1.54, 1.807) is 0 Å². The minimum atomic E-state index is -0.307. The summed E-state index contributed by atoms with van der Waals surface area (Å²) in [7, 11) is 0. The van der Waals surface area contributed by atoms with E-state index in [2.05, 4.69) is 33.0 Å². The minimum Gasteiger partial charge on any atom is -0.375 e. The molecule has 4 rings (SSSR count). The SMILES string of the molecule is CC1CN(c2ccc(CNC(=O)C3CC(c4ccccc4Cl)NN3)cn2)CCO1. The Labute approximate surface area is 175 Å². The third-order valence-electron chi connectivity index (χ3n) is 5.34. The third kappa shape index (κ3) is 4.87. The van der Waals surface area contributed by atoms with Crippen LogP contribution in [0.5, 0.6) is 0 Å². The van der Waals surface area contributed by atoms with Crippen molar-refractivity contribution in [1.29, 1.82) is 0 Å². The van der Waals surface area contributed by atoms with Crippen molar-refractivity contribution in [3.63, 3.8) is 0 Å². The summed E-state index contributed by atoms with van der Waals surface area (Å²) in [4.78, 5) is 19.3. The zero-order chi connectivity index (χ0) is 20.2. The average Bonchev–Trinajstić information content (AvgIpc) is 3.23. The van der Waals surface area contributed by atoms with Crippen molar-refractivity contribution in [3.8, 4) is 0 Å². The van der Waals surface area contributed by atoms with E-state index in [1.165, 1.54) is 0 Å². The molecular weight excluding hydrogens is 390 g/mol. The monoisotopic (exact) mass is 415 g/mol. The number of hydrazine groups is 1. The molecule has 3 N–H and O–H groups in total. The zero-order valence-electron chi connectivity index (χ0n) is 16.4. The normalized spacial score (nSPS) is 24.5. The molecule has 8 heteroatoms. The quantitative estimate of drug-likeness (QED) is 0.694. The van der Waals surface area contributed by atoms with E-state index in [0.29, 0.717) is 18.0 Å². The van der Waals surface area contributed by atoms with Gasteiger partial charge in [-0.3, -0.25) is 4.79 Å². The Balaban J connectivity index is 1.28. The molecule has 1 amide bonds. The van der Waals surface area contributed by atoms with Crippen LogP contribution in [0.4, 0.5) is 5.82 Å². The number of carbonyl (C=O) groups is 1. The number of ether oxygens (including phenoxy) is 1. The number of rotatable bonds is 5. The van der Waals surface area contributed by atoms with Gasteiger partial charge in [0.25, 0.3) is 0 Å². The molecule has 2 fully saturated rings. The van der Waals surface area contributed by atoms with Crippen molar-refractivity contribution in [2.75, 3.05) is 24.6 Å². The lowest BCUT2D eigenvalue weighted by atomic mass is 10.0. The van der Waals surface area contributed by atoms with Gasteiger partial charge in [0, 0.05) is 36.9 Å². The van der Waals surface area contributed by atoms with E-state index in [4.69, 9.17) is 16.3 Å². The van der Waals surface area contributed by atoms with E-state index in [0.717, 1.165) is 36.6 Å². The fraction of sp³-hybridized carbons (Fsp3) is 0.429. The number of benzene rings is 1. The molecule has 2 aromatic rings. The highest BCUT2D eigenvalue weighted by molar-refractivity contribution is 6.31. The second-order valence-electron chi connectivity index (χ2n) is 7.52. The number of anilines is 1. The highest BCUT2D eigenvalue weighted by Gasteiger charge is 2.30. The van der Waals surface area contributed by atoms with Gasteiger partial charge in [-0.2, -0.15) is 0 Å². The lowest BCUT2D eigenvalue weighted by Gasteiger charge is -2.32. The summed E-state index contributed by atoms with van der Waals surface area (Å²) in [6.45, 7) is 4.92. The van der Waals surface area contributed by atoms with Crippen LogP contribution in [0.2, 0.25) is 5.02 Å². The maximum absolute atomic E-state index is 12.5. The third-order valence-corrected chi connectivity index (χ3v) is 5.69. The summed E-state index contributed by atoms with van der Waals surface area (Å²) < 4.78 is 5.57. The van der Waals surface area contributed by atoms with Crippen LogP contribution < -0.4 is 21.1 Å². The van der Waals surface area contributed by atoms with Crippen LogP contribution in [0, 0.1) is 0 Å². The van der Waals surface area contributed by atoms with Gasteiger partial charge < -0.3 is 15.0 Å². The molecule has 2 saturated heterocycles. The molecule has 2 aliphatic heterocycles. The van der Waals surface area contributed by atoms with Crippen LogP contribution in [0.3, 0.4) is 0 Å². The number of nitrogens with zero attached hydrogens (tertiary/aromatic N) is 2. The first-order valence-corrected chi connectivity index (χ1v) is 10.3. The van der Waals surface area contributed by atoms with E-state index < -0.39 is 0 Å². The average molecular weight is 416 g/mol. The predicted octanol–water partition coefficient (Wildman–Crippen LogP) is 2.18. The van der Waals surface area contributed by atoms with Crippen LogP contribution in [-0.4, -0.2) is 42.7 Å². The maximum Gasteiger partial charge on any atom is 0.238 e. The van der Waals surface area contributed by atoms with Crippen molar-refractivity contribution < 1.29 is 9.53 Å². The van der Waals surface area contributed by atoms with Crippen molar-refractivity contribution >= 4 is 23.3 Å². The molecule has 0 radical (unpaired) electrons. The molecular formula is C21H26ClN5O2. The van der Waals surface area contributed by atoms with Crippen molar-refractivity contribution in [2.24, 2.45) is 0 Å². The number of amides is 1. The molecule has 2 aliphatic rings. The topological polar surface area (TPSA) is 78.5 Å². The summed E-state index contributed by atoms with van der Waals surface area (Å²) in [5.41, 5.74) is 8.20. The van der Waals surface area contributed by atoms with Crippen molar-refractivity contribution in [2.45, 2.75) is 38.1 Å². The van der Waals surface area contributed by atoms with Crippen LogP contribution in [0.25, 0.3) is 0 Å². The van der Waals surface area contributed by atoms with Crippen molar-refractivity contribution in [1.82, 2.24) is 21.2 Å². The first kappa shape index (κ1) is 20.1. The lowest BCUT2D eigenvalue weighted by Crippen LogP contribution is -2.43. The zero-order valence-corrected chi connectivity index (χ0v) is 17.2. The van der Waals surface area contributed by atoms with Gasteiger partial charge in [0.15, 0.2) is 0 Å². The second kappa shape index (κ2) is 9.09. The van der Waals surface area contributed by atoms with Crippen LogP contribution in [0.15, 0.2) is 42.6 Å². The van der Waals surface area contributed by atoms with Gasteiger partial charge in [0.1, 0.15) is 11.9 Å². The van der Waals surface area contributed by atoms with Gasteiger partial charge >= 0.3 is 0 Å². The fourth-order valence-electron chi connectivity index (χ4n) is 3.74. The fourth-order valence-corrected chi connectivity index (χ4v) is 4.00. The van der Waals surface area contributed by atoms with Crippen LogP contribution in [-0.2, 0) is 16.1 Å². The smallest absolute Gasteiger partial charge is 0.238 e. The Morgan fingerprint density at radius 3 is 2.93 bits per heavy atom. The Morgan fingerprint density at radius 1 is 1.31 bits per heavy atom. The minimum absolute atomic E-state index is 0.0105. The molecule has 29 heavy (non-hydrogen) atoms. The largest absolute Gasteiger partial charge is 0.375 e. The molecule has 0 aliphatic carbocycles. The molecule has 3 atom stereocenters. The van der Waals surface area contributed by atoms with Crippen LogP contribution >= 0.6 is 11.6 Å². The number of aromatic nitrogens is 1. The number of halogens is 1. The molecule has 1 aromatic carbocycles. The number of morpholine rings is 1. The summed E-state index contributed by atoms with van der Waals surface area (Å²) in [6, 6.07) is 11.4. The van der Waals surface area contributed by atoms with Crippen molar-refractivity contribution in [3.05, 3.63) is 58.7 Å². The van der Waals surface area contributed by atoms with Gasteiger partial charge in [-0.1, -0.05) is 35.9 Å². The highest BCUT2D eigenvalue weighted by Crippen LogP contribution is 2.28. The number of hydrogen-bond acceptors (Lipinski definition) is 6. The summed E-state index contributed by atoms with van der Waals surface area (Å²) >= 11 is 6.26. The summed E-state index contributed by atoms with van der Waals surface area (Å²) in [5.74, 6) is 0.901. The molecule has 0 bridgehead atoms. The number of carbonyl (C=O) groups excluding carboxylic acids is 1. The molecule has 3 unspecified atom stereocenters.